The molecule has 2 fully saturated rings. The van der Waals surface area contributed by atoms with Gasteiger partial charge in [-0.15, -0.1) is 11.3 Å². The van der Waals surface area contributed by atoms with Crippen LogP contribution in [0, 0.1) is 11.3 Å². The van der Waals surface area contributed by atoms with E-state index in [0.717, 1.165) is 43.6 Å². The molecule has 0 radical (unpaired) electrons. The third-order valence-corrected chi connectivity index (χ3v) is 5.27. The van der Waals surface area contributed by atoms with Crippen LogP contribution in [0.15, 0.2) is 16.0 Å². The van der Waals surface area contributed by atoms with Gasteiger partial charge in [0.05, 0.1) is 11.6 Å². The molecular formula is C16H17N5O2S. The Balaban J connectivity index is 1.45. The zero-order chi connectivity index (χ0) is 16.5. The van der Waals surface area contributed by atoms with E-state index in [0.29, 0.717) is 11.5 Å². The van der Waals surface area contributed by atoms with E-state index in [-0.39, 0.29) is 23.8 Å². The number of likely N-dealkylation sites (tertiary alicyclic amines) is 1. The zero-order valence-electron chi connectivity index (χ0n) is 13.1. The molecule has 0 bridgehead atoms. The number of carbonyl (C=O) groups excluding carboxylic acids is 1. The molecule has 0 spiro atoms. The van der Waals surface area contributed by atoms with E-state index in [1.165, 1.54) is 0 Å². The first-order valence-electron chi connectivity index (χ1n) is 8.09. The summed E-state index contributed by atoms with van der Waals surface area (Å²) in [6.45, 7) is 1.69. The Bertz CT molecular complexity index is 788. The SMILES string of the molecule is N#Cc1csc(CN2CCC[C@@H]2c2nc(C(=O)NC3CC3)no2)c1. The van der Waals surface area contributed by atoms with Crippen molar-refractivity contribution in [2.24, 2.45) is 0 Å². The standard InChI is InChI=1S/C16H17N5O2S/c17-7-10-6-12(24-9-10)8-21-5-1-2-13(21)16-19-14(20-23-16)15(22)18-11-3-4-11/h6,9,11,13H,1-5,8H2,(H,18,22)/t13-/m1/s1. The lowest BCUT2D eigenvalue weighted by atomic mass is 10.2. The van der Waals surface area contributed by atoms with Crippen molar-refractivity contribution in [3.8, 4) is 6.07 Å². The maximum Gasteiger partial charge on any atom is 0.292 e. The predicted octanol–water partition coefficient (Wildman–Crippen LogP) is 2.23. The fourth-order valence-corrected chi connectivity index (χ4v) is 3.79. The normalized spacial score (nSPS) is 20.9. The van der Waals surface area contributed by atoms with Crippen LogP contribution in [0.5, 0.6) is 0 Å². The fourth-order valence-electron chi connectivity index (χ4n) is 2.96. The molecule has 7 nitrogen and oxygen atoms in total. The average Bonchev–Trinajstić information content (AvgIpc) is 3.01. The number of thiophene rings is 1. The van der Waals surface area contributed by atoms with E-state index in [4.69, 9.17) is 9.78 Å². The first-order chi connectivity index (χ1) is 11.7. The number of hydrogen-bond acceptors (Lipinski definition) is 7. The van der Waals surface area contributed by atoms with Gasteiger partial charge in [-0.2, -0.15) is 10.2 Å². The monoisotopic (exact) mass is 343 g/mol. The molecule has 1 amide bonds. The van der Waals surface area contributed by atoms with Gasteiger partial charge in [0.15, 0.2) is 0 Å². The summed E-state index contributed by atoms with van der Waals surface area (Å²) in [5.74, 6) is 0.367. The summed E-state index contributed by atoms with van der Waals surface area (Å²) < 4.78 is 5.35. The number of nitriles is 1. The van der Waals surface area contributed by atoms with Gasteiger partial charge in [-0.05, 0) is 38.3 Å². The summed E-state index contributed by atoms with van der Waals surface area (Å²) in [7, 11) is 0. The molecular weight excluding hydrogens is 326 g/mol. The van der Waals surface area contributed by atoms with Gasteiger partial charge in [0.1, 0.15) is 6.07 Å². The first kappa shape index (κ1) is 15.3. The molecule has 8 heteroatoms. The Morgan fingerprint density at radius 2 is 2.38 bits per heavy atom. The summed E-state index contributed by atoms with van der Waals surface area (Å²) in [6, 6.07) is 4.39. The van der Waals surface area contributed by atoms with E-state index >= 15 is 0 Å². The number of amides is 1. The number of aromatic nitrogens is 2. The number of carbonyl (C=O) groups is 1. The number of hydrogen-bond donors (Lipinski definition) is 1. The van der Waals surface area contributed by atoms with Crippen molar-refractivity contribution in [2.45, 2.75) is 44.3 Å². The van der Waals surface area contributed by atoms with Gasteiger partial charge >= 0.3 is 0 Å². The lowest BCUT2D eigenvalue weighted by molar-refractivity contribution is 0.0937. The Morgan fingerprint density at radius 1 is 1.50 bits per heavy atom. The van der Waals surface area contributed by atoms with Crippen LogP contribution in [0.2, 0.25) is 0 Å². The minimum atomic E-state index is -0.256. The molecule has 1 saturated heterocycles. The van der Waals surface area contributed by atoms with E-state index in [1.807, 2.05) is 11.4 Å². The molecule has 4 rings (SSSR count). The third-order valence-electron chi connectivity index (χ3n) is 4.35. The fraction of sp³-hybridized carbons (Fsp3) is 0.500. The van der Waals surface area contributed by atoms with Gasteiger partial charge in [-0.25, -0.2) is 0 Å². The molecule has 2 aliphatic rings. The minimum absolute atomic E-state index is 0.0348. The van der Waals surface area contributed by atoms with Gasteiger partial charge in [0.2, 0.25) is 5.89 Å². The van der Waals surface area contributed by atoms with Crippen molar-refractivity contribution in [3.05, 3.63) is 33.6 Å². The maximum atomic E-state index is 12.0. The van der Waals surface area contributed by atoms with E-state index < -0.39 is 0 Å². The number of rotatable bonds is 5. The van der Waals surface area contributed by atoms with Crippen molar-refractivity contribution in [2.75, 3.05) is 6.54 Å². The predicted molar refractivity (Wildman–Crippen MR) is 86.2 cm³/mol. The second-order valence-electron chi connectivity index (χ2n) is 6.25. The summed E-state index contributed by atoms with van der Waals surface area (Å²) in [4.78, 5) is 19.7. The largest absolute Gasteiger partial charge is 0.346 e. The lowest BCUT2D eigenvalue weighted by Crippen LogP contribution is -2.26. The molecule has 2 aromatic rings. The topological polar surface area (TPSA) is 95.0 Å². The molecule has 0 aromatic carbocycles. The van der Waals surface area contributed by atoms with Crippen molar-refractivity contribution in [1.82, 2.24) is 20.4 Å². The smallest absolute Gasteiger partial charge is 0.292 e. The summed E-state index contributed by atoms with van der Waals surface area (Å²) in [6.07, 6.45) is 4.03. The van der Waals surface area contributed by atoms with Crippen LogP contribution in [0.4, 0.5) is 0 Å². The van der Waals surface area contributed by atoms with Crippen molar-refractivity contribution in [3.63, 3.8) is 0 Å². The zero-order valence-corrected chi connectivity index (χ0v) is 13.9. The number of nitrogens with one attached hydrogen (secondary N) is 1. The van der Waals surface area contributed by atoms with Crippen LogP contribution in [-0.2, 0) is 6.54 Å². The van der Waals surface area contributed by atoms with Gasteiger partial charge in [-0.1, -0.05) is 5.16 Å². The molecule has 124 valence electrons. The molecule has 2 aromatic heterocycles. The summed E-state index contributed by atoms with van der Waals surface area (Å²) in [5.41, 5.74) is 0.697. The lowest BCUT2D eigenvalue weighted by Gasteiger charge is -2.20. The van der Waals surface area contributed by atoms with Crippen molar-refractivity contribution in [1.29, 1.82) is 5.26 Å². The second kappa shape index (κ2) is 6.34. The Kier molecular flexibility index (Phi) is 4.04. The molecule has 1 atom stereocenters. The first-order valence-corrected chi connectivity index (χ1v) is 8.97. The highest BCUT2D eigenvalue weighted by Gasteiger charge is 2.32. The maximum absolute atomic E-state index is 12.0. The van der Waals surface area contributed by atoms with Crippen LogP contribution in [0.25, 0.3) is 0 Å². The summed E-state index contributed by atoms with van der Waals surface area (Å²) >= 11 is 1.59. The molecule has 24 heavy (non-hydrogen) atoms. The molecule has 3 heterocycles. The van der Waals surface area contributed by atoms with Crippen molar-refractivity contribution >= 4 is 17.2 Å². The quantitative estimate of drug-likeness (QED) is 0.894. The molecule has 1 N–H and O–H groups in total. The average molecular weight is 343 g/mol. The Morgan fingerprint density at radius 3 is 3.12 bits per heavy atom. The second-order valence-corrected chi connectivity index (χ2v) is 7.24. The molecule has 0 unspecified atom stereocenters. The minimum Gasteiger partial charge on any atom is -0.346 e. The highest BCUT2D eigenvalue weighted by molar-refractivity contribution is 7.10. The van der Waals surface area contributed by atoms with Gasteiger partial charge < -0.3 is 9.84 Å². The van der Waals surface area contributed by atoms with Gasteiger partial charge in [0.25, 0.3) is 11.7 Å². The van der Waals surface area contributed by atoms with Crippen LogP contribution < -0.4 is 5.32 Å². The number of nitrogens with zero attached hydrogens (tertiary/aromatic N) is 4. The Labute approximate surface area is 143 Å². The molecule has 1 aliphatic heterocycles. The van der Waals surface area contributed by atoms with Crippen LogP contribution in [0.3, 0.4) is 0 Å². The van der Waals surface area contributed by atoms with E-state index in [1.54, 1.807) is 11.3 Å². The van der Waals surface area contributed by atoms with Gasteiger partial charge in [0, 0.05) is 22.8 Å². The van der Waals surface area contributed by atoms with E-state index in [2.05, 4.69) is 26.4 Å². The third kappa shape index (κ3) is 3.18. The van der Waals surface area contributed by atoms with E-state index in [9.17, 15) is 4.79 Å². The van der Waals surface area contributed by atoms with Crippen LogP contribution >= 0.6 is 11.3 Å². The van der Waals surface area contributed by atoms with Crippen LogP contribution in [0.1, 0.15) is 58.7 Å². The highest BCUT2D eigenvalue weighted by Crippen LogP contribution is 2.33. The highest BCUT2D eigenvalue weighted by atomic mass is 32.1. The van der Waals surface area contributed by atoms with Gasteiger partial charge in [-0.3, -0.25) is 9.69 Å². The molecule has 1 saturated carbocycles. The Hall–Kier alpha value is -2.24. The molecule has 1 aliphatic carbocycles. The summed E-state index contributed by atoms with van der Waals surface area (Å²) in [5, 5.41) is 17.5. The van der Waals surface area contributed by atoms with Crippen molar-refractivity contribution < 1.29 is 9.32 Å². The van der Waals surface area contributed by atoms with Crippen LogP contribution in [-0.4, -0.2) is 33.5 Å².